The van der Waals surface area contributed by atoms with E-state index < -0.39 is 0 Å². The number of halogens is 1. The molecule has 0 saturated carbocycles. The minimum absolute atomic E-state index is 0.128. The molecule has 6 heterocycles. The monoisotopic (exact) mass is 675 g/mol. The van der Waals surface area contributed by atoms with Crippen molar-refractivity contribution in [3.05, 3.63) is 113 Å². The highest BCUT2D eigenvalue weighted by atomic mass is 32.1. The smallest absolute Gasteiger partial charge is 0.258 e. The number of hydrogen-bond acceptors (Lipinski definition) is 8. The Morgan fingerprint density at radius 1 is 1.04 bits per heavy atom. The largest absolute Gasteiger partial charge is 0.388 e. The number of fused-ring (bicyclic) bond motifs is 3. The summed E-state index contributed by atoms with van der Waals surface area (Å²) in [5, 5.41) is 3.06. The molecule has 10 heteroatoms. The van der Waals surface area contributed by atoms with E-state index >= 15 is 0 Å². The summed E-state index contributed by atoms with van der Waals surface area (Å²) in [5.74, 6) is 0.361. The van der Waals surface area contributed by atoms with Crippen molar-refractivity contribution in [1.29, 1.82) is 0 Å². The van der Waals surface area contributed by atoms with Crippen molar-refractivity contribution >= 4 is 40.7 Å². The summed E-state index contributed by atoms with van der Waals surface area (Å²) < 4.78 is 19.7. The van der Waals surface area contributed by atoms with Gasteiger partial charge in [0.1, 0.15) is 11.6 Å². The van der Waals surface area contributed by atoms with E-state index in [0.29, 0.717) is 35.2 Å². The van der Waals surface area contributed by atoms with Crippen LogP contribution in [0.1, 0.15) is 44.7 Å². The maximum absolute atomic E-state index is 14.3. The fourth-order valence-corrected chi connectivity index (χ4v) is 8.12. The third-order valence-corrected chi connectivity index (χ3v) is 10.8. The number of benzene rings is 2. The third-order valence-electron chi connectivity index (χ3n) is 9.59. The number of carbonyl (C=O) groups excluding carboxylic acids is 2. The Bertz CT molecular complexity index is 1970. The number of amides is 1. The van der Waals surface area contributed by atoms with E-state index in [-0.39, 0.29) is 11.7 Å². The average molecular weight is 676 g/mol. The number of aromatic nitrogens is 2. The van der Waals surface area contributed by atoms with E-state index in [4.69, 9.17) is 4.74 Å². The van der Waals surface area contributed by atoms with Gasteiger partial charge in [0.15, 0.2) is 6.29 Å². The van der Waals surface area contributed by atoms with Gasteiger partial charge < -0.3 is 19.9 Å². The number of pyridine rings is 2. The Kier molecular flexibility index (Phi) is 9.25. The number of hydrogen-bond donors (Lipinski definition) is 1. The summed E-state index contributed by atoms with van der Waals surface area (Å²) in [5.41, 5.74) is 7.37. The van der Waals surface area contributed by atoms with Crippen LogP contribution in [-0.2, 0) is 11.2 Å². The summed E-state index contributed by atoms with van der Waals surface area (Å²) in [6.07, 6.45) is 9.30. The maximum atomic E-state index is 14.3. The van der Waals surface area contributed by atoms with E-state index in [1.54, 1.807) is 40.6 Å². The first-order chi connectivity index (χ1) is 23.9. The number of aldehydes is 1. The molecule has 5 aromatic rings. The first kappa shape index (κ1) is 32.6. The molecule has 3 aliphatic heterocycles. The van der Waals surface area contributed by atoms with Gasteiger partial charge >= 0.3 is 0 Å². The number of ether oxygens (including phenoxy) is 1. The number of thiophene rings is 1. The number of carbonyl (C=O) groups is 2. The van der Waals surface area contributed by atoms with Crippen LogP contribution in [0.15, 0.2) is 85.3 Å². The zero-order valence-corrected chi connectivity index (χ0v) is 28.4. The van der Waals surface area contributed by atoms with E-state index in [1.165, 1.54) is 12.1 Å². The minimum atomic E-state index is -0.352. The fraction of sp³-hybridized carbons (Fsp3) is 0.282. The third kappa shape index (κ3) is 6.71. The van der Waals surface area contributed by atoms with Crippen molar-refractivity contribution in [2.24, 2.45) is 5.41 Å². The van der Waals surface area contributed by atoms with Crippen LogP contribution in [0.25, 0.3) is 20.9 Å². The van der Waals surface area contributed by atoms with Crippen LogP contribution in [0.2, 0.25) is 0 Å². The molecule has 1 amide bonds. The molecular weight excluding hydrogens is 638 g/mol. The van der Waals surface area contributed by atoms with E-state index in [9.17, 15) is 14.0 Å². The van der Waals surface area contributed by atoms with Crippen LogP contribution >= 0.6 is 11.3 Å². The lowest BCUT2D eigenvalue weighted by atomic mass is 9.73. The quantitative estimate of drug-likeness (QED) is 0.191. The highest BCUT2D eigenvalue weighted by molar-refractivity contribution is 7.19. The lowest BCUT2D eigenvalue weighted by molar-refractivity contribution is -0.000497. The van der Waals surface area contributed by atoms with Gasteiger partial charge in [0.2, 0.25) is 0 Å². The molecule has 2 aromatic carbocycles. The van der Waals surface area contributed by atoms with Gasteiger partial charge in [-0.2, -0.15) is 0 Å². The van der Waals surface area contributed by atoms with Crippen LogP contribution in [0, 0.1) is 18.2 Å². The second-order valence-electron chi connectivity index (χ2n) is 12.9. The highest BCUT2D eigenvalue weighted by Gasteiger charge is 2.44. The van der Waals surface area contributed by atoms with Gasteiger partial charge in [-0.3, -0.25) is 14.6 Å². The molecule has 8 nitrogen and oxygen atoms in total. The SMILES string of the molecule is CNc1ccc(C(=O)N2CCc3cc(-c4cccnc4)sc3-c3ccc(F)cc32)cc1.Cc1cnc(N2CC3(CCOCC3)C2)c(C=O)c1. The molecule has 0 atom stereocenters. The first-order valence-corrected chi connectivity index (χ1v) is 17.4. The Morgan fingerprint density at radius 3 is 2.55 bits per heavy atom. The molecule has 3 aliphatic rings. The normalized spacial score (nSPS) is 16.0. The fourth-order valence-electron chi connectivity index (χ4n) is 6.88. The molecular formula is C39H38FN5O3S. The lowest BCUT2D eigenvalue weighted by Crippen LogP contribution is -2.59. The van der Waals surface area contributed by atoms with Gasteiger partial charge in [0.05, 0.1) is 11.3 Å². The van der Waals surface area contributed by atoms with E-state index in [2.05, 4.69) is 26.3 Å². The zero-order valence-electron chi connectivity index (χ0n) is 27.6. The molecule has 0 bridgehead atoms. The maximum Gasteiger partial charge on any atom is 0.258 e. The number of aryl methyl sites for hydroxylation is 1. The minimum Gasteiger partial charge on any atom is -0.388 e. The topological polar surface area (TPSA) is 87.7 Å². The zero-order chi connectivity index (χ0) is 34.0. The van der Waals surface area contributed by atoms with Gasteiger partial charge in [-0.05, 0) is 98.0 Å². The second-order valence-corrected chi connectivity index (χ2v) is 14.0. The molecule has 250 valence electrons. The predicted molar refractivity (Wildman–Crippen MR) is 193 cm³/mol. The van der Waals surface area contributed by atoms with Crippen LogP contribution in [0.5, 0.6) is 0 Å². The molecule has 3 aromatic heterocycles. The highest BCUT2D eigenvalue weighted by Crippen LogP contribution is 2.45. The Balaban J connectivity index is 0.000000178. The van der Waals surface area contributed by atoms with E-state index in [0.717, 1.165) is 88.9 Å². The number of nitrogens with one attached hydrogen (secondary N) is 1. The van der Waals surface area contributed by atoms with Gasteiger partial charge in [-0.15, -0.1) is 11.3 Å². The number of anilines is 3. The van der Waals surface area contributed by atoms with Crippen LogP contribution in [-0.4, -0.2) is 62.1 Å². The van der Waals surface area contributed by atoms with Gasteiger partial charge in [-0.25, -0.2) is 9.37 Å². The van der Waals surface area contributed by atoms with Gasteiger partial charge in [0.25, 0.3) is 5.91 Å². The number of nitrogens with zero attached hydrogens (tertiary/aromatic N) is 4. The Labute approximate surface area is 289 Å². The molecule has 49 heavy (non-hydrogen) atoms. The summed E-state index contributed by atoms with van der Waals surface area (Å²) in [6.45, 7) is 6.20. The second kappa shape index (κ2) is 13.9. The van der Waals surface area contributed by atoms with Gasteiger partial charge in [-0.1, -0.05) is 6.07 Å². The van der Waals surface area contributed by atoms with Crippen LogP contribution in [0.3, 0.4) is 0 Å². The molecule has 0 radical (unpaired) electrons. The van der Waals surface area contributed by atoms with Crippen molar-refractivity contribution in [1.82, 2.24) is 9.97 Å². The van der Waals surface area contributed by atoms with Crippen molar-refractivity contribution < 1.29 is 18.7 Å². The van der Waals surface area contributed by atoms with Crippen molar-refractivity contribution in [3.63, 3.8) is 0 Å². The van der Waals surface area contributed by atoms with Crippen LogP contribution in [0.4, 0.5) is 21.6 Å². The first-order valence-electron chi connectivity index (χ1n) is 16.5. The van der Waals surface area contributed by atoms with Gasteiger partial charge in [0, 0.05) is 96.0 Å². The van der Waals surface area contributed by atoms with Crippen molar-refractivity contribution in [2.45, 2.75) is 26.2 Å². The molecule has 0 unspecified atom stereocenters. The van der Waals surface area contributed by atoms with E-state index in [1.807, 2.05) is 56.7 Å². The predicted octanol–water partition coefficient (Wildman–Crippen LogP) is 7.68. The number of rotatable bonds is 5. The molecule has 0 aliphatic carbocycles. The standard InChI is InChI=1S/C25H20FN3OS.C14H18N2O2/c1-27-20-7-4-16(5-8-20)25(30)29-12-10-17-13-23(18-3-2-11-28-15-18)31-24(17)21-9-6-19(26)14-22(21)29;1-11-6-12(8-17)13(15-7-11)16-9-14(10-16)2-4-18-5-3-14/h2-9,11,13-15,27H,10,12H2,1H3;6-8H,2-5,9-10H2,1H3. The lowest BCUT2D eigenvalue weighted by Gasteiger charge is -2.53. The Hall–Kier alpha value is -4.93. The molecule has 8 rings (SSSR count). The molecule has 2 fully saturated rings. The summed E-state index contributed by atoms with van der Waals surface area (Å²) >= 11 is 1.66. The van der Waals surface area contributed by atoms with Crippen LogP contribution < -0.4 is 15.1 Å². The summed E-state index contributed by atoms with van der Waals surface area (Å²) in [7, 11) is 1.84. The summed E-state index contributed by atoms with van der Waals surface area (Å²) in [6, 6.07) is 20.1. The Morgan fingerprint density at radius 2 is 1.84 bits per heavy atom. The molecule has 2 saturated heterocycles. The average Bonchev–Trinajstić information content (AvgIpc) is 3.49. The van der Waals surface area contributed by atoms with Crippen molar-refractivity contribution in [2.75, 3.05) is 55.0 Å². The summed E-state index contributed by atoms with van der Waals surface area (Å²) in [4.78, 5) is 39.2. The van der Waals surface area contributed by atoms with Crippen molar-refractivity contribution in [3.8, 4) is 20.9 Å². The molecule has 1 N–H and O–H groups in total. The molecule has 1 spiro atoms.